The van der Waals surface area contributed by atoms with Gasteiger partial charge in [0.1, 0.15) is 5.82 Å². The third-order valence-electron chi connectivity index (χ3n) is 4.09. The highest BCUT2D eigenvalue weighted by molar-refractivity contribution is 5.05. The minimum atomic E-state index is -0.125. The maximum absolute atomic E-state index is 11.7. The number of aromatic amines is 1. The van der Waals surface area contributed by atoms with Crippen LogP contribution in [0.4, 0.5) is 0 Å². The molecule has 0 amide bonds. The lowest BCUT2D eigenvalue weighted by Gasteiger charge is -2.20. The Balaban J connectivity index is 1.84. The van der Waals surface area contributed by atoms with Crippen molar-refractivity contribution >= 4 is 0 Å². The Labute approximate surface area is 133 Å². The molecule has 1 saturated heterocycles. The molecule has 2 aromatic heterocycles. The van der Waals surface area contributed by atoms with E-state index in [0.29, 0.717) is 24.1 Å². The molecule has 1 aliphatic heterocycles. The molecule has 0 aliphatic carbocycles. The van der Waals surface area contributed by atoms with Crippen molar-refractivity contribution in [3.63, 3.8) is 0 Å². The molecular formula is C15H21N5O3. The number of nitrogens with zero attached hydrogens (tertiary/aromatic N) is 4. The summed E-state index contributed by atoms with van der Waals surface area (Å²) in [5, 5.41) is 3.87. The fourth-order valence-electron chi connectivity index (χ4n) is 2.92. The van der Waals surface area contributed by atoms with Crippen LogP contribution in [-0.2, 0) is 17.7 Å². The first-order chi connectivity index (χ1) is 11.1. The maximum atomic E-state index is 11.7. The average molecular weight is 319 g/mol. The normalized spacial score (nSPS) is 21.9. The van der Waals surface area contributed by atoms with Gasteiger partial charge in [0, 0.05) is 25.4 Å². The zero-order valence-electron chi connectivity index (χ0n) is 13.6. The zero-order valence-corrected chi connectivity index (χ0v) is 13.6. The molecule has 1 N–H and O–H groups in total. The number of aryl methyl sites for hydroxylation is 2. The second-order valence-corrected chi connectivity index (χ2v) is 5.76. The van der Waals surface area contributed by atoms with Gasteiger partial charge in [-0.05, 0) is 19.8 Å². The van der Waals surface area contributed by atoms with Gasteiger partial charge >= 0.3 is 0 Å². The van der Waals surface area contributed by atoms with Gasteiger partial charge < -0.3 is 14.2 Å². The molecule has 2 atom stereocenters. The summed E-state index contributed by atoms with van der Waals surface area (Å²) in [6.07, 6.45) is 1.59. The topological polar surface area (TPSA) is 97.1 Å². The summed E-state index contributed by atoms with van der Waals surface area (Å²) in [7, 11) is 1.70. The maximum Gasteiger partial charge on any atom is 0.251 e. The van der Waals surface area contributed by atoms with Crippen molar-refractivity contribution in [2.24, 2.45) is 0 Å². The van der Waals surface area contributed by atoms with Crippen LogP contribution >= 0.6 is 0 Å². The molecule has 8 nitrogen and oxygen atoms in total. The Morgan fingerprint density at radius 2 is 2.30 bits per heavy atom. The molecule has 0 bridgehead atoms. The standard InChI is InChI=1S/C15H21N5O3/c1-4-10-5-14(21)18-13(17-10)8-20-7-11(22-3)6-12(20)15-16-9(2)19-23-15/h5,11-12H,4,6-8H2,1-3H3,(H,17,18,21)/t11-,12-/m1/s1. The van der Waals surface area contributed by atoms with Crippen molar-refractivity contribution in [1.29, 1.82) is 0 Å². The van der Waals surface area contributed by atoms with Crippen LogP contribution in [0.3, 0.4) is 0 Å². The predicted molar refractivity (Wildman–Crippen MR) is 81.8 cm³/mol. The summed E-state index contributed by atoms with van der Waals surface area (Å²) in [6.45, 7) is 5.01. The molecule has 124 valence electrons. The monoisotopic (exact) mass is 319 g/mol. The molecule has 1 aliphatic rings. The molecule has 0 unspecified atom stereocenters. The smallest absolute Gasteiger partial charge is 0.251 e. The molecule has 1 fully saturated rings. The van der Waals surface area contributed by atoms with Crippen molar-refractivity contribution in [2.45, 2.75) is 45.4 Å². The molecule has 23 heavy (non-hydrogen) atoms. The number of H-pyrrole nitrogens is 1. The third-order valence-corrected chi connectivity index (χ3v) is 4.09. The van der Waals surface area contributed by atoms with Crippen molar-refractivity contribution in [3.8, 4) is 0 Å². The minimum Gasteiger partial charge on any atom is -0.380 e. The van der Waals surface area contributed by atoms with E-state index in [1.54, 1.807) is 14.0 Å². The summed E-state index contributed by atoms with van der Waals surface area (Å²) in [4.78, 5) is 25.5. The molecule has 8 heteroatoms. The van der Waals surface area contributed by atoms with E-state index >= 15 is 0 Å². The third kappa shape index (κ3) is 3.48. The minimum absolute atomic E-state index is 0.0308. The summed E-state index contributed by atoms with van der Waals surface area (Å²) >= 11 is 0. The molecule has 3 heterocycles. The van der Waals surface area contributed by atoms with E-state index in [-0.39, 0.29) is 17.7 Å². The Bertz CT molecular complexity index is 726. The van der Waals surface area contributed by atoms with Gasteiger partial charge in [-0.25, -0.2) is 4.98 Å². The number of likely N-dealkylation sites (tertiary alicyclic amines) is 1. The van der Waals surface area contributed by atoms with E-state index < -0.39 is 0 Å². The van der Waals surface area contributed by atoms with Crippen molar-refractivity contribution in [3.05, 3.63) is 39.7 Å². The van der Waals surface area contributed by atoms with Crippen LogP contribution < -0.4 is 5.56 Å². The van der Waals surface area contributed by atoms with E-state index in [1.807, 2.05) is 6.92 Å². The SMILES string of the molecule is CCc1cc(=O)[nH]c(CN2C[C@H](OC)C[C@@H]2c2nc(C)no2)n1. The van der Waals surface area contributed by atoms with E-state index in [2.05, 4.69) is 25.0 Å². The number of hydrogen-bond acceptors (Lipinski definition) is 7. The molecular weight excluding hydrogens is 298 g/mol. The Kier molecular flexibility index (Phi) is 4.53. The first kappa shape index (κ1) is 15.8. The number of methoxy groups -OCH3 is 1. The number of hydrogen-bond donors (Lipinski definition) is 1. The van der Waals surface area contributed by atoms with Crippen molar-refractivity contribution < 1.29 is 9.26 Å². The number of rotatable bonds is 5. The van der Waals surface area contributed by atoms with Gasteiger partial charge in [0.15, 0.2) is 5.82 Å². The van der Waals surface area contributed by atoms with Crippen LogP contribution in [-0.4, -0.2) is 44.8 Å². The van der Waals surface area contributed by atoms with Gasteiger partial charge in [0.25, 0.3) is 5.56 Å². The Morgan fingerprint density at radius 1 is 1.48 bits per heavy atom. The van der Waals surface area contributed by atoms with Crippen LogP contribution in [0.1, 0.15) is 42.6 Å². The van der Waals surface area contributed by atoms with E-state index in [0.717, 1.165) is 25.1 Å². The van der Waals surface area contributed by atoms with Gasteiger partial charge in [-0.3, -0.25) is 9.69 Å². The fourth-order valence-corrected chi connectivity index (χ4v) is 2.92. The summed E-state index contributed by atoms with van der Waals surface area (Å²) in [5.74, 6) is 1.84. The average Bonchev–Trinajstić information content (AvgIpc) is 3.12. The molecule has 0 saturated carbocycles. The largest absolute Gasteiger partial charge is 0.380 e. The van der Waals surface area contributed by atoms with Crippen LogP contribution in [0.2, 0.25) is 0 Å². The molecule has 0 radical (unpaired) electrons. The summed E-state index contributed by atoms with van der Waals surface area (Å²) in [6, 6.07) is 1.50. The molecule has 0 aromatic carbocycles. The summed E-state index contributed by atoms with van der Waals surface area (Å²) in [5.41, 5.74) is 0.663. The predicted octanol–water partition coefficient (Wildman–Crippen LogP) is 0.986. The van der Waals surface area contributed by atoms with E-state index in [9.17, 15) is 4.79 Å². The number of nitrogens with one attached hydrogen (secondary N) is 1. The second kappa shape index (κ2) is 6.59. The number of aromatic nitrogens is 4. The summed E-state index contributed by atoms with van der Waals surface area (Å²) < 4.78 is 10.8. The zero-order chi connectivity index (χ0) is 16.4. The quantitative estimate of drug-likeness (QED) is 0.877. The highest BCUT2D eigenvalue weighted by Gasteiger charge is 2.37. The van der Waals surface area contributed by atoms with E-state index in [1.165, 1.54) is 6.07 Å². The van der Waals surface area contributed by atoms with Crippen LogP contribution in [0.25, 0.3) is 0 Å². The van der Waals surface area contributed by atoms with Gasteiger partial charge in [-0.15, -0.1) is 0 Å². The first-order valence-corrected chi connectivity index (χ1v) is 7.75. The highest BCUT2D eigenvalue weighted by Crippen LogP contribution is 2.33. The van der Waals surface area contributed by atoms with Crippen LogP contribution in [0, 0.1) is 6.92 Å². The van der Waals surface area contributed by atoms with Gasteiger partial charge in [-0.2, -0.15) is 4.98 Å². The van der Waals surface area contributed by atoms with Gasteiger partial charge in [0.05, 0.1) is 18.7 Å². The molecule has 0 spiro atoms. The second-order valence-electron chi connectivity index (χ2n) is 5.76. The Hall–Kier alpha value is -2.06. The van der Waals surface area contributed by atoms with E-state index in [4.69, 9.17) is 9.26 Å². The van der Waals surface area contributed by atoms with Crippen LogP contribution in [0.15, 0.2) is 15.4 Å². The molecule has 2 aromatic rings. The Morgan fingerprint density at radius 3 is 2.96 bits per heavy atom. The lowest BCUT2D eigenvalue weighted by Crippen LogP contribution is -2.27. The lowest BCUT2D eigenvalue weighted by atomic mass is 10.2. The fraction of sp³-hybridized carbons (Fsp3) is 0.600. The first-order valence-electron chi connectivity index (χ1n) is 7.75. The highest BCUT2D eigenvalue weighted by atomic mass is 16.5. The van der Waals surface area contributed by atoms with Crippen molar-refractivity contribution in [1.82, 2.24) is 25.0 Å². The molecule has 3 rings (SSSR count). The van der Waals surface area contributed by atoms with Gasteiger partial charge in [0.2, 0.25) is 5.89 Å². The van der Waals surface area contributed by atoms with Gasteiger partial charge in [-0.1, -0.05) is 12.1 Å². The van der Waals surface area contributed by atoms with Crippen LogP contribution in [0.5, 0.6) is 0 Å². The lowest BCUT2D eigenvalue weighted by molar-refractivity contribution is 0.107. The number of ether oxygens (including phenoxy) is 1. The van der Waals surface area contributed by atoms with Crippen molar-refractivity contribution in [2.75, 3.05) is 13.7 Å².